The van der Waals surface area contributed by atoms with Crippen molar-refractivity contribution in [3.05, 3.63) is 47.8 Å². The molecule has 0 atom stereocenters. The van der Waals surface area contributed by atoms with E-state index in [2.05, 4.69) is 0 Å². The Balaban J connectivity index is 2.45. The zero-order valence-corrected chi connectivity index (χ0v) is 13.9. The van der Waals surface area contributed by atoms with Crippen molar-refractivity contribution in [2.45, 2.75) is 0 Å². The number of hydrogen-bond acceptors (Lipinski definition) is 5. The largest absolute Gasteiger partial charge is 0.477 e. The quantitative estimate of drug-likeness (QED) is 0.740. The lowest BCUT2D eigenvalue weighted by Gasteiger charge is -2.13. The lowest BCUT2D eigenvalue weighted by atomic mass is 10.0. The van der Waals surface area contributed by atoms with Gasteiger partial charge in [0.05, 0.1) is 6.07 Å². The highest BCUT2D eigenvalue weighted by molar-refractivity contribution is 7.87. The number of carboxylic acid groups (broad SMARTS) is 1. The molecule has 9 nitrogen and oxygen atoms in total. The summed E-state index contributed by atoms with van der Waals surface area (Å²) in [5.74, 6) is -1.82. The van der Waals surface area contributed by atoms with Crippen LogP contribution in [-0.2, 0) is 10.2 Å². The monoisotopic (exact) mass is 362 g/mol. The molecule has 0 aliphatic rings. The molecule has 2 rings (SSSR count). The second-order valence-corrected chi connectivity index (χ2v) is 6.54. The van der Waals surface area contributed by atoms with Gasteiger partial charge in [0.15, 0.2) is 5.69 Å². The van der Waals surface area contributed by atoms with Crippen LogP contribution in [0.1, 0.15) is 20.8 Å². The minimum atomic E-state index is -4.26. The fraction of sp³-hybridized carbons (Fsp3) is 0.133. The van der Waals surface area contributed by atoms with Crippen LogP contribution in [0.2, 0.25) is 0 Å². The van der Waals surface area contributed by atoms with E-state index in [1.165, 1.54) is 42.3 Å². The summed E-state index contributed by atoms with van der Waals surface area (Å²) >= 11 is 0. The summed E-state index contributed by atoms with van der Waals surface area (Å²) in [6, 6.07) is 9.08. The number of aromatic nitrogens is 1. The fourth-order valence-electron chi connectivity index (χ4n) is 2.26. The van der Waals surface area contributed by atoms with Crippen LogP contribution in [0.3, 0.4) is 0 Å². The number of carboxylic acids is 1. The van der Waals surface area contributed by atoms with Gasteiger partial charge < -0.3 is 10.0 Å². The third-order valence-electron chi connectivity index (χ3n) is 3.43. The first-order valence-corrected chi connectivity index (χ1v) is 8.38. The average molecular weight is 362 g/mol. The topological polar surface area (TPSA) is 146 Å². The Kier molecular flexibility index (Phi) is 4.92. The molecule has 0 radical (unpaired) electrons. The summed E-state index contributed by atoms with van der Waals surface area (Å²) in [7, 11) is -2.78. The van der Waals surface area contributed by atoms with Gasteiger partial charge in [-0.1, -0.05) is 12.1 Å². The predicted molar refractivity (Wildman–Crippen MR) is 87.9 cm³/mol. The molecule has 0 saturated carbocycles. The van der Waals surface area contributed by atoms with Gasteiger partial charge in [-0.25, -0.2) is 13.9 Å². The Hall–Kier alpha value is -3.16. The van der Waals surface area contributed by atoms with E-state index >= 15 is 0 Å². The van der Waals surface area contributed by atoms with Crippen LogP contribution in [0.25, 0.3) is 11.1 Å². The number of amides is 1. The van der Waals surface area contributed by atoms with Crippen molar-refractivity contribution in [2.24, 2.45) is 5.14 Å². The van der Waals surface area contributed by atoms with Gasteiger partial charge in [-0.3, -0.25) is 4.79 Å². The Bertz CT molecular complexity index is 970. The van der Waals surface area contributed by atoms with Crippen LogP contribution in [0.15, 0.2) is 36.5 Å². The van der Waals surface area contributed by atoms with Crippen LogP contribution in [0, 0.1) is 11.3 Å². The zero-order chi connectivity index (χ0) is 18.8. The highest BCUT2D eigenvalue weighted by Gasteiger charge is 2.23. The number of nitrogens with zero attached hydrogens (tertiary/aromatic N) is 3. The van der Waals surface area contributed by atoms with Crippen molar-refractivity contribution in [3.8, 4) is 17.2 Å². The maximum atomic E-state index is 12.1. The van der Waals surface area contributed by atoms with Gasteiger partial charge in [0.2, 0.25) is 0 Å². The molecule has 10 heteroatoms. The summed E-state index contributed by atoms with van der Waals surface area (Å²) in [6.07, 6.45) is 1.05. The molecular weight excluding hydrogens is 348 g/mol. The molecule has 0 aliphatic carbocycles. The maximum absolute atomic E-state index is 12.1. The van der Waals surface area contributed by atoms with Crippen LogP contribution in [0.4, 0.5) is 0 Å². The molecule has 0 saturated heterocycles. The molecule has 1 amide bonds. The van der Waals surface area contributed by atoms with Gasteiger partial charge in [0.25, 0.3) is 5.91 Å². The van der Waals surface area contributed by atoms with E-state index in [0.29, 0.717) is 15.1 Å². The van der Waals surface area contributed by atoms with Crippen molar-refractivity contribution in [1.82, 2.24) is 8.87 Å². The number of nitriles is 1. The van der Waals surface area contributed by atoms with Crippen LogP contribution >= 0.6 is 0 Å². The number of carbonyl (C=O) groups excluding carboxylic acids is 1. The number of carbonyl (C=O) groups is 2. The first kappa shape index (κ1) is 18.2. The first-order valence-electron chi connectivity index (χ1n) is 6.87. The van der Waals surface area contributed by atoms with Gasteiger partial charge >= 0.3 is 16.2 Å². The van der Waals surface area contributed by atoms with E-state index in [4.69, 9.17) is 10.4 Å². The van der Waals surface area contributed by atoms with Crippen LogP contribution < -0.4 is 5.14 Å². The smallest absolute Gasteiger partial charge is 0.354 e. The molecule has 0 unspecified atom stereocenters. The molecule has 2 aromatic rings. The predicted octanol–water partition coefficient (Wildman–Crippen LogP) is 0.500. The molecule has 0 bridgehead atoms. The first-order chi connectivity index (χ1) is 11.7. The molecule has 1 heterocycles. The molecule has 0 aliphatic heterocycles. The van der Waals surface area contributed by atoms with Gasteiger partial charge in [-0.2, -0.15) is 13.7 Å². The third kappa shape index (κ3) is 3.68. The van der Waals surface area contributed by atoms with Crippen molar-refractivity contribution < 1.29 is 23.1 Å². The SMILES string of the molecule is CN(CC#N)C(=O)c1ccc(-c2ccn(S(N)(=O)=O)c2C(=O)O)cc1. The second-order valence-electron chi connectivity index (χ2n) is 5.12. The van der Waals surface area contributed by atoms with E-state index < -0.39 is 21.9 Å². The molecule has 1 aromatic carbocycles. The molecule has 130 valence electrons. The molecule has 0 spiro atoms. The molecule has 3 N–H and O–H groups in total. The second kappa shape index (κ2) is 6.76. The number of hydrogen-bond donors (Lipinski definition) is 2. The summed E-state index contributed by atoms with van der Waals surface area (Å²) in [5, 5.41) is 22.9. The molecule has 25 heavy (non-hydrogen) atoms. The number of nitrogens with two attached hydrogens (primary N) is 1. The zero-order valence-electron chi connectivity index (χ0n) is 13.1. The standard InChI is InChI=1S/C15H14N4O5S/c1-18(9-7-16)14(20)11-4-2-10(3-5-11)12-6-8-19(25(17,23)24)13(12)15(21)22/h2-6,8H,9H2,1H3,(H,21,22)(H2,17,23,24). The van der Waals surface area contributed by atoms with Crippen molar-refractivity contribution in [2.75, 3.05) is 13.6 Å². The summed E-state index contributed by atoms with van der Waals surface area (Å²) in [4.78, 5) is 24.7. The Labute approximate surface area is 143 Å². The van der Waals surface area contributed by atoms with Crippen molar-refractivity contribution >= 4 is 22.1 Å². The van der Waals surface area contributed by atoms with E-state index in [1.807, 2.05) is 6.07 Å². The number of benzene rings is 1. The van der Waals surface area contributed by atoms with Crippen molar-refractivity contribution in [1.29, 1.82) is 5.26 Å². The number of aromatic carboxylic acids is 1. The van der Waals surface area contributed by atoms with Gasteiger partial charge in [-0.15, -0.1) is 0 Å². The maximum Gasteiger partial charge on any atom is 0.354 e. The highest BCUT2D eigenvalue weighted by Crippen LogP contribution is 2.26. The minimum Gasteiger partial charge on any atom is -0.477 e. The summed E-state index contributed by atoms with van der Waals surface area (Å²) in [6.45, 7) is -0.0685. The highest BCUT2D eigenvalue weighted by atomic mass is 32.2. The third-order valence-corrected chi connectivity index (χ3v) is 4.28. The van der Waals surface area contributed by atoms with E-state index in [1.54, 1.807) is 0 Å². The van der Waals surface area contributed by atoms with E-state index in [-0.39, 0.29) is 18.0 Å². The normalized spacial score (nSPS) is 10.9. The van der Waals surface area contributed by atoms with Crippen LogP contribution in [-0.4, -0.2) is 47.9 Å². The molecular formula is C15H14N4O5S. The van der Waals surface area contributed by atoms with Gasteiger partial charge in [-0.05, 0) is 23.8 Å². The fourth-order valence-corrected chi connectivity index (χ4v) is 2.92. The van der Waals surface area contributed by atoms with Crippen LogP contribution in [0.5, 0.6) is 0 Å². The van der Waals surface area contributed by atoms with Crippen molar-refractivity contribution in [3.63, 3.8) is 0 Å². The Morgan fingerprint density at radius 1 is 1.28 bits per heavy atom. The lowest BCUT2D eigenvalue weighted by Crippen LogP contribution is -2.26. The number of rotatable bonds is 5. The summed E-state index contributed by atoms with van der Waals surface area (Å²) < 4.78 is 23.4. The van der Waals surface area contributed by atoms with E-state index in [0.717, 1.165) is 6.20 Å². The molecule has 0 fully saturated rings. The lowest BCUT2D eigenvalue weighted by molar-refractivity contribution is 0.0689. The Morgan fingerprint density at radius 3 is 2.36 bits per heavy atom. The van der Waals surface area contributed by atoms with Gasteiger partial charge in [0.1, 0.15) is 6.54 Å². The van der Waals surface area contributed by atoms with Gasteiger partial charge in [0, 0.05) is 24.4 Å². The van der Waals surface area contributed by atoms with E-state index in [9.17, 15) is 23.1 Å². The minimum absolute atomic E-state index is 0.0685. The average Bonchev–Trinajstić information content (AvgIpc) is 3.00. The summed E-state index contributed by atoms with van der Waals surface area (Å²) in [5.41, 5.74) is 0.359. The molecule has 1 aromatic heterocycles. The Morgan fingerprint density at radius 2 is 1.88 bits per heavy atom.